The molecule has 124 valence electrons. The summed E-state index contributed by atoms with van der Waals surface area (Å²) in [6.45, 7) is 7.43. The number of benzene rings is 1. The summed E-state index contributed by atoms with van der Waals surface area (Å²) in [6.07, 6.45) is 5.97. The highest BCUT2D eigenvalue weighted by Crippen LogP contribution is 2.33. The largest absolute Gasteiger partial charge is 0.343 e. The number of para-hydroxylation sites is 1. The monoisotopic (exact) mass is 315 g/mol. The number of nitrogens with zero attached hydrogens (tertiary/aromatic N) is 1. The first-order valence-corrected chi connectivity index (χ1v) is 8.31. The maximum Gasteiger partial charge on any atom is 0.226 e. The average Bonchev–Trinajstić information content (AvgIpc) is 2.83. The molecule has 2 rings (SSSR count). The van der Waals surface area contributed by atoms with Gasteiger partial charge in [0.25, 0.3) is 0 Å². The molecule has 4 heteroatoms. The lowest BCUT2D eigenvalue weighted by molar-refractivity contribution is -0.119. The molecule has 1 unspecified atom stereocenters. The lowest BCUT2D eigenvalue weighted by Gasteiger charge is -2.26. The van der Waals surface area contributed by atoms with Gasteiger partial charge in [0.2, 0.25) is 17.9 Å². The van der Waals surface area contributed by atoms with E-state index in [2.05, 4.69) is 13.5 Å². The highest BCUT2D eigenvalue weighted by atomic mass is 16.5. The summed E-state index contributed by atoms with van der Waals surface area (Å²) in [4.78, 5) is 26.0. The van der Waals surface area contributed by atoms with E-state index in [1.807, 2.05) is 6.07 Å². The number of amides is 1. The molecular weight excluding hydrogens is 290 g/mol. The van der Waals surface area contributed by atoms with Crippen LogP contribution in [0.2, 0.25) is 0 Å². The van der Waals surface area contributed by atoms with E-state index >= 15 is 0 Å². The van der Waals surface area contributed by atoms with Crippen molar-refractivity contribution in [2.45, 2.75) is 58.3 Å². The van der Waals surface area contributed by atoms with Crippen molar-refractivity contribution in [1.82, 2.24) is 0 Å². The minimum atomic E-state index is -0.876. The highest BCUT2D eigenvalue weighted by Gasteiger charge is 2.41. The zero-order chi connectivity index (χ0) is 16.8. The molecule has 1 aliphatic heterocycles. The molecule has 0 N–H and O–H groups in total. The number of Topliss-reactive ketones (excluding diaryl/α,β-unsaturated/α-hetero) is 1. The molecule has 0 saturated heterocycles. The molecule has 0 aliphatic carbocycles. The van der Waals surface area contributed by atoms with Crippen LogP contribution in [0.5, 0.6) is 0 Å². The summed E-state index contributed by atoms with van der Waals surface area (Å²) in [7, 11) is 0. The third-order valence-electron chi connectivity index (χ3n) is 4.14. The summed E-state index contributed by atoms with van der Waals surface area (Å²) >= 11 is 0. The molecule has 0 aromatic heterocycles. The fraction of sp³-hybridized carbons (Fsp3) is 0.474. The minimum absolute atomic E-state index is 0.156. The van der Waals surface area contributed by atoms with Crippen molar-refractivity contribution in [2.75, 3.05) is 4.90 Å². The Kier molecular flexibility index (Phi) is 6.11. The predicted octanol–water partition coefficient (Wildman–Crippen LogP) is 4.10. The summed E-state index contributed by atoms with van der Waals surface area (Å²) in [5.41, 5.74) is 1.17. The topological polar surface area (TPSA) is 46.6 Å². The molecule has 4 nitrogen and oxygen atoms in total. The fourth-order valence-corrected chi connectivity index (χ4v) is 2.91. The Morgan fingerprint density at radius 3 is 2.74 bits per heavy atom. The Morgan fingerprint density at radius 2 is 2.09 bits per heavy atom. The molecule has 1 amide bonds. The summed E-state index contributed by atoms with van der Waals surface area (Å²) in [6, 6.07) is 7.14. The molecule has 1 aromatic carbocycles. The van der Waals surface area contributed by atoms with E-state index < -0.39 is 6.23 Å². The minimum Gasteiger partial charge on any atom is -0.343 e. The van der Waals surface area contributed by atoms with Crippen LogP contribution in [0.4, 0.5) is 5.69 Å². The van der Waals surface area contributed by atoms with Gasteiger partial charge >= 0.3 is 0 Å². The molecule has 1 heterocycles. The van der Waals surface area contributed by atoms with Crippen LogP contribution >= 0.6 is 0 Å². The van der Waals surface area contributed by atoms with Crippen LogP contribution in [0.3, 0.4) is 0 Å². The van der Waals surface area contributed by atoms with E-state index in [0.29, 0.717) is 11.3 Å². The van der Waals surface area contributed by atoms with Crippen LogP contribution in [-0.4, -0.2) is 24.0 Å². The van der Waals surface area contributed by atoms with Gasteiger partial charge in [0.1, 0.15) is 0 Å². The third kappa shape index (κ3) is 3.88. The van der Waals surface area contributed by atoms with Gasteiger partial charge in [-0.05, 0) is 18.6 Å². The van der Waals surface area contributed by atoms with E-state index in [1.54, 1.807) is 24.3 Å². The van der Waals surface area contributed by atoms with Gasteiger partial charge in [0.05, 0.1) is 11.8 Å². The Hall–Kier alpha value is -1.94. The van der Waals surface area contributed by atoms with Crippen LogP contribution in [-0.2, 0) is 9.53 Å². The number of hydrogen-bond acceptors (Lipinski definition) is 3. The molecule has 23 heavy (non-hydrogen) atoms. The van der Waals surface area contributed by atoms with Gasteiger partial charge in [-0.3, -0.25) is 14.5 Å². The van der Waals surface area contributed by atoms with E-state index in [-0.39, 0.29) is 17.8 Å². The second-order valence-electron chi connectivity index (χ2n) is 5.88. The third-order valence-corrected chi connectivity index (χ3v) is 4.14. The van der Waals surface area contributed by atoms with E-state index in [9.17, 15) is 9.59 Å². The van der Waals surface area contributed by atoms with Crippen LogP contribution in [0.1, 0.15) is 56.3 Å². The molecular formula is C19H25NO3. The number of anilines is 1. The van der Waals surface area contributed by atoms with Gasteiger partial charge in [0.15, 0.2) is 0 Å². The highest BCUT2D eigenvalue weighted by molar-refractivity contribution is 6.16. The second-order valence-corrected chi connectivity index (χ2v) is 5.88. The molecule has 0 spiro atoms. The van der Waals surface area contributed by atoms with E-state index in [4.69, 9.17) is 4.74 Å². The lowest BCUT2D eigenvalue weighted by Crippen LogP contribution is -2.42. The van der Waals surface area contributed by atoms with Crippen molar-refractivity contribution in [3.63, 3.8) is 0 Å². The fourth-order valence-electron chi connectivity index (χ4n) is 2.91. The number of fused-ring (bicyclic) bond motifs is 1. The molecule has 0 bridgehead atoms. The van der Waals surface area contributed by atoms with Crippen molar-refractivity contribution in [3.8, 4) is 0 Å². The molecule has 0 fully saturated rings. The van der Waals surface area contributed by atoms with Crippen LogP contribution in [0, 0.1) is 0 Å². The van der Waals surface area contributed by atoms with Gasteiger partial charge < -0.3 is 4.74 Å². The smallest absolute Gasteiger partial charge is 0.226 e. The molecule has 0 radical (unpaired) electrons. The lowest BCUT2D eigenvalue weighted by atomic mass is 10.1. The van der Waals surface area contributed by atoms with Crippen molar-refractivity contribution < 1.29 is 14.3 Å². The Labute approximate surface area is 138 Å². The molecule has 1 aliphatic rings. The Balaban J connectivity index is 2.10. The van der Waals surface area contributed by atoms with Crippen LogP contribution in [0.25, 0.3) is 0 Å². The number of hydrogen-bond donors (Lipinski definition) is 0. The van der Waals surface area contributed by atoms with Gasteiger partial charge in [-0.2, -0.15) is 0 Å². The SMILES string of the molecule is C=C[C@H](CCCCCC)OC1C(=O)c2ccccc2N1C(C)=O. The Morgan fingerprint density at radius 1 is 1.35 bits per heavy atom. The van der Waals surface area contributed by atoms with Gasteiger partial charge in [-0.25, -0.2) is 0 Å². The zero-order valence-electron chi connectivity index (χ0n) is 14.0. The summed E-state index contributed by atoms with van der Waals surface area (Å²) < 4.78 is 5.95. The molecule has 1 aromatic rings. The first-order chi connectivity index (χ1) is 11.1. The van der Waals surface area contributed by atoms with Crippen molar-refractivity contribution >= 4 is 17.4 Å². The van der Waals surface area contributed by atoms with E-state index in [0.717, 1.165) is 19.3 Å². The van der Waals surface area contributed by atoms with Gasteiger partial charge in [0, 0.05) is 12.5 Å². The average molecular weight is 315 g/mol. The number of ether oxygens (including phenoxy) is 1. The van der Waals surface area contributed by atoms with Crippen molar-refractivity contribution in [2.24, 2.45) is 0 Å². The Bertz CT molecular complexity index is 582. The quantitative estimate of drug-likeness (QED) is 0.536. The number of rotatable bonds is 8. The first-order valence-electron chi connectivity index (χ1n) is 8.31. The van der Waals surface area contributed by atoms with Gasteiger partial charge in [-0.1, -0.05) is 50.8 Å². The zero-order valence-corrected chi connectivity index (χ0v) is 14.0. The standard InChI is InChI=1S/C19H25NO3/c1-4-6-7-8-11-15(5-2)23-19-18(22)16-12-9-10-13-17(16)20(19)14(3)21/h5,9-10,12-13,15,19H,2,4,6-8,11H2,1,3H3/t15-,19?/m1/s1. The normalized spacial score (nSPS) is 17.9. The summed E-state index contributed by atoms with van der Waals surface area (Å²) in [5, 5.41) is 0. The van der Waals surface area contributed by atoms with Crippen LogP contribution in [0.15, 0.2) is 36.9 Å². The number of carbonyl (C=O) groups excluding carboxylic acids is 2. The maximum absolute atomic E-state index is 12.6. The first kappa shape index (κ1) is 17.4. The predicted molar refractivity (Wildman–Crippen MR) is 91.5 cm³/mol. The van der Waals surface area contributed by atoms with Gasteiger partial charge in [-0.15, -0.1) is 6.58 Å². The summed E-state index contributed by atoms with van der Waals surface area (Å²) in [5.74, 6) is -0.349. The number of carbonyl (C=O) groups is 2. The maximum atomic E-state index is 12.6. The molecule has 2 atom stereocenters. The van der Waals surface area contributed by atoms with Crippen molar-refractivity contribution in [3.05, 3.63) is 42.5 Å². The molecule has 0 saturated carbocycles. The number of unbranched alkanes of at least 4 members (excludes halogenated alkanes) is 3. The van der Waals surface area contributed by atoms with Crippen LogP contribution < -0.4 is 4.90 Å². The number of ketones is 1. The van der Waals surface area contributed by atoms with Crippen molar-refractivity contribution in [1.29, 1.82) is 0 Å². The van der Waals surface area contributed by atoms with E-state index in [1.165, 1.54) is 24.7 Å². The second kappa shape index (κ2) is 8.06.